The van der Waals surface area contributed by atoms with Crippen molar-refractivity contribution in [3.63, 3.8) is 0 Å². The van der Waals surface area contributed by atoms with E-state index in [1.54, 1.807) is 36.5 Å². The van der Waals surface area contributed by atoms with Crippen molar-refractivity contribution in [3.8, 4) is 11.5 Å². The minimum atomic E-state index is -3.63. The Morgan fingerprint density at radius 1 is 0.857 bits per heavy atom. The summed E-state index contributed by atoms with van der Waals surface area (Å²) in [6, 6.07) is 18.3. The van der Waals surface area contributed by atoms with Crippen molar-refractivity contribution in [2.75, 3.05) is 0 Å². The molecule has 28 heavy (non-hydrogen) atoms. The van der Waals surface area contributed by atoms with Gasteiger partial charge in [0.05, 0.1) is 9.79 Å². The van der Waals surface area contributed by atoms with Crippen LogP contribution in [-0.2, 0) is 9.84 Å². The van der Waals surface area contributed by atoms with Gasteiger partial charge in [0, 0.05) is 17.1 Å². The number of hydrogen-bond acceptors (Lipinski definition) is 3. The Balaban J connectivity index is 1.79. The molecule has 1 N–H and O–H groups in total. The van der Waals surface area contributed by atoms with Crippen molar-refractivity contribution in [1.82, 2.24) is 4.98 Å². The lowest BCUT2D eigenvalue weighted by Crippen LogP contribution is -2.01. The van der Waals surface area contributed by atoms with Crippen molar-refractivity contribution < 1.29 is 13.2 Å². The molecule has 0 aliphatic carbocycles. The number of H-pyrrole nitrogens is 1. The highest BCUT2D eigenvalue weighted by Crippen LogP contribution is 2.34. The molecule has 0 aliphatic heterocycles. The van der Waals surface area contributed by atoms with Crippen LogP contribution in [0.5, 0.6) is 11.5 Å². The second-order valence-electron chi connectivity index (χ2n) is 7.00. The third-order valence-electron chi connectivity index (χ3n) is 4.86. The number of para-hydroxylation sites is 1. The summed E-state index contributed by atoms with van der Waals surface area (Å²) in [5, 5.41) is 0.615. The van der Waals surface area contributed by atoms with E-state index in [0.717, 1.165) is 28.0 Å². The lowest BCUT2D eigenvalue weighted by atomic mass is 10.1. The van der Waals surface area contributed by atoms with Crippen LogP contribution in [0.3, 0.4) is 0 Å². The Kier molecular flexibility index (Phi) is 4.47. The van der Waals surface area contributed by atoms with Crippen molar-refractivity contribution in [2.24, 2.45) is 0 Å². The summed E-state index contributed by atoms with van der Waals surface area (Å²) in [5.41, 5.74) is 3.82. The average Bonchev–Trinajstić information content (AvgIpc) is 3.09. The molecule has 0 radical (unpaired) electrons. The molecule has 5 heteroatoms. The first-order chi connectivity index (χ1) is 13.4. The maximum atomic E-state index is 13.1. The van der Waals surface area contributed by atoms with Crippen molar-refractivity contribution in [2.45, 2.75) is 30.6 Å². The van der Waals surface area contributed by atoms with Crippen LogP contribution in [0.15, 0.2) is 76.7 Å². The molecule has 0 atom stereocenters. The van der Waals surface area contributed by atoms with Gasteiger partial charge < -0.3 is 9.72 Å². The van der Waals surface area contributed by atoms with E-state index in [1.165, 1.54) is 0 Å². The Hall–Kier alpha value is -3.05. The molecule has 0 spiro atoms. The Labute approximate surface area is 164 Å². The van der Waals surface area contributed by atoms with Gasteiger partial charge in [-0.3, -0.25) is 0 Å². The SMILES string of the molecule is Cc1ccc(S(=O)(=O)c2c[nH]c3ccc(Oc4c(C)cccc4C)cc23)cc1. The van der Waals surface area contributed by atoms with Crippen molar-refractivity contribution >= 4 is 20.7 Å². The molecule has 1 heterocycles. The van der Waals surface area contributed by atoms with Gasteiger partial charge in [-0.25, -0.2) is 8.42 Å². The van der Waals surface area contributed by atoms with E-state index in [0.29, 0.717) is 11.1 Å². The van der Waals surface area contributed by atoms with Crippen LogP contribution in [0.1, 0.15) is 16.7 Å². The largest absolute Gasteiger partial charge is 0.457 e. The summed E-state index contributed by atoms with van der Waals surface area (Å²) < 4.78 is 32.4. The number of aromatic nitrogens is 1. The molecule has 0 saturated heterocycles. The number of ether oxygens (including phenoxy) is 1. The molecule has 0 aliphatic rings. The molecule has 142 valence electrons. The predicted octanol–water partition coefficient (Wildman–Crippen LogP) is 5.72. The fraction of sp³-hybridized carbons (Fsp3) is 0.130. The van der Waals surface area contributed by atoms with Gasteiger partial charge in [-0.1, -0.05) is 35.9 Å². The average molecular weight is 391 g/mol. The standard InChI is InChI=1S/C23H21NO3S/c1-15-7-10-19(11-8-15)28(25,26)22-14-24-21-12-9-18(13-20(21)22)27-23-16(2)5-4-6-17(23)3/h4-14,24H,1-3H3. The molecule has 4 aromatic rings. The van der Waals surface area contributed by atoms with Crippen LogP contribution < -0.4 is 4.74 Å². The molecule has 4 nitrogen and oxygen atoms in total. The van der Waals surface area contributed by atoms with E-state index in [1.807, 2.05) is 51.1 Å². The van der Waals surface area contributed by atoms with Gasteiger partial charge in [0.15, 0.2) is 0 Å². The van der Waals surface area contributed by atoms with Gasteiger partial charge in [0.25, 0.3) is 0 Å². The maximum Gasteiger partial charge on any atom is 0.208 e. The molecule has 0 amide bonds. The summed E-state index contributed by atoms with van der Waals surface area (Å²) in [5.74, 6) is 1.39. The number of nitrogens with one attached hydrogen (secondary N) is 1. The molecular weight excluding hydrogens is 370 g/mol. The summed E-state index contributed by atoms with van der Waals surface area (Å²) in [7, 11) is -3.63. The second kappa shape index (κ2) is 6.84. The summed E-state index contributed by atoms with van der Waals surface area (Å²) in [6.07, 6.45) is 1.54. The highest BCUT2D eigenvalue weighted by molar-refractivity contribution is 7.91. The zero-order valence-corrected chi connectivity index (χ0v) is 16.8. The third kappa shape index (κ3) is 3.18. The highest BCUT2D eigenvalue weighted by atomic mass is 32.2. The number of hydrogen-bond donors (Lipinski definition) is 1. The van der Waals surface area contributed by atoms with Gasteiger partial charge >= 0.3 is 0 Å². The molecular formula is C23H21NO3S. The zero-order valence-electron chi connectivity index (χ0n) is 16.0. The fourth-order valence-electron chi connectivity index (χ4n) is 3.28. The first kappa shape index (κ1) is 18.3. The van der Waals surface area contributed by atoms with Gasteiger partial charge in [-0.2, -0.15) is 0 Å². The highest BCUT2D eigenvalue weighted by Gasteiger charge is 2.22. The van der Waals surface area contributed by atoms with Crippen LogP contribution >= 0.6 is 0 Å². The minimum Gasteiger partial charge on any atom is -0.457 e. The fourth-order valence-corrected chi connectivity index (χ4v) is 4.70. The van der Waals surface area contributed by atoms with E-state index in [2.05, 4.69) is 4.98 Å². The number of aromatic amines is 1. The second-order valence-corrected chi connectivity index (χ2v) is 8.92. The van der Waals surface area contributed by atoms with E-state index in [-0.39, 0.29) is 9.79 Å². The quantitative estimate of drug-likeness (QED) is 0.484. The van der Waals surface area contributed by atoms with E-state index >= 15 is 0 Å². The van der Waals surface area contributed by atoms with Crippen LogP contribution in [0.25, 0.3) is 10.9 Å². The van der Waals surface area contributed by atoms with Gasteiger partial charge in [-0.05, 0) is 62.2 Å². The lowest BCUT2D eigenvalue weighted by molar-refractivity contribution is 0.476. The Morgan fingerprint density at radius 3 is 2.21 bits per heavy atom. The number of rotatable bonds is 4. The molecule has 0 bridgehead atoms. The molecule has 3 aromatic carbocycles. The van der Waals surface area contributed by atoms with Gasteiger partial charge in [0.2, 0.25) is 9.84 Å². The molecule has 1 aromatic heterocycles. The topological polar surface area (TPSA) is 59.2 Å². The first-order valence-corrected chi connectivity index (χ1v) is 10.5. The smallest absolute Gasteiger partial charge is 0.208 e. The summed E-state index contributed by atoms with van der Waals surface area (Å²) >= 11 is 0. The first-order valence-electron chi connectivity index (χ1n) is 9.03. The Morgan fingerprint density at radius 2 is 1.54 bits per heavy atom. The van der Waals surface area contributed by atoms with Gasteiger partial charge in [-0.15, -0.1) is 0 Å². The number of fused-ring (bicyclic) bond motifs is 1. The Bertz CT molecular complexity index is 1250. The van der Waals surface area contributed by atoms with Crippen LogP contribution in [-0.4, -0.2) is 13.4 Å². The van der Waals surface area contributed by atoms with E-state index in [9.17, 15) is 8.42 Å². The van der Waals surface area contributed by atoms with Crippen LogP contribution in [0.4, 0.5) is 0 Å². The minimum absolute atomic E-state index is 0.248. The maximum absolute atomic E-state index is 13.1. The third-order valence-corrected chi connectivity index (χ3v) is 6.67. The molecule has 4 rings (SSSR count). The lowest BCUT2D eigenvalue weighted by Gasteiger charge is -2.12. The predicted molar refractivity (Wildman–Crippen MR) is 111 cm³/mol. The van der Waals surface area contributed by atoms with E-state index in [4.69, 9.17) is 4.74 Å². The zero-order chi connectivity index (χ0) is 19.9. The van der Waals surface area contributed by atoms with Crippen LogP contribution in [0, 0.1) is 20.8 Å². The summed E-state index contributed by atoms with van der Waals surface area (Å²) in [6.45, 7) is 5.91. The molecule has 0 unspecified atom stereocenters. The van der Waals surface area contributed by atoms with Crippen LogP contribution in [0.2, 0.25) is 0 Å². The number of aryl methyl sites for hydroxylation is 3. The normalized spacial score (nSPS) is 11.7. The number of benzene rings is 3. The molecule has 0 saturated carbocycles. The van der Waals surface area contributed by atoms with Gasteiger partial charge in [0.1, 0.15) is 11.5 Å². The van der Waals surface area contributed by atoms with Crippen molar-refractivity contribution in [1.29, 1.82) is 0 Å². The summed E-state index contributed by atoms with van der Waals surface area (Å²) in [4.78, 5) is 3.58. The monoisotopic (exact) mass is 391 g/mol. The van der Waals surface area contributed by atoms with Crippen molar-refractivity contribution in [3.05, 3.63) is 83.6 Å². The number of sulfone groups is 1. The molecule has 0 fully saturated rings. The van der Waals surface area contributed by atoms with E-state index < -0.39 is 9.84 Å².